The monoisotopic (exact) mass is 379 g/mol. The summed E-state index contributed by atoms with van der Waals surface area (Å²) in [5.74, 6) is -0.812. The number of benzene rings is 1. The van der Waals surface area contributed by atoms with Gasteiger partial charge in [0.2, 0.25) is 10.0 Å². The van der Waals surface area contributed by atoms with E-state index in [1.807, 2.05) is 0 Å². The van der Waals surface area contributed by atoms with Crippen LogP contribution in [-0.2, 0) is 14.8 Å². The first kappa shape index (κ1) is 16.2. The Morgan fingerprint density at radius 1 is 1.48 bits per heavy atom. The average Bonchev–Trinajstić information content (AvgIpc) is 2.81. The molecule has 0 aliphatic carbocycles. The van der Waals surface area contributed by atoms with Crippen molar-refractivity contribution in [2.45, 2.75) is 23.5 Å². The molecule has 2 atom stereocenters. The van der Waals surface area contributed by atoms with Crippen molar-refractivity contribution in [2.24, 2.45) is 0 Å². The molecule has 0 spiro atoms. The van der Waals surface area contributed by atoms with Gasteiger partial charge in [-0.1, -0.05) is 0 Å². The molecule has 2 N–H and O–H groups in total. The lowest BCUT2D eigenvalue weighted by atomic mass is 10.2. The number of carbonyl (C=O) groups is 1. The fourth-order valence-corrected chi connectivity index (χ4v) is 4.57. The van der Waals surface area contributed by atoms with Gasteiger partial charge in [0.15, 0.2) is 0 Å². The molecule has 0 unspecified atom stereocenters. The summed E-state index contributed by atoms with van der Waals surface area (Å²) in [7, 11) is -2.56. The second-order valence-electron chi connectivity index (χ2n) is 4.61. The summed E-state index contributed by atoms with van der Waals surface area (Å²) in [6.07, 6.45) is -1.10. The number of nitrogens with zero attached hydrogens (tertiary/aromatic N) is 1. The van der Waals surface area contributed by atoms with Gasteiger partial charge in [-0.05, 0) is 34.1 Å². The van der Waals surface area contributed by atoms with E-state index in [1.54, 1.807) is 0 Å². The second kappa shape index (κ2) is 5.91. The van der Waals surface area contributed by atoms with Gasteiger partial charge in [-0.25, -0.2) is 8.42 Å². The third kappa shape index (κ3) is 3.05. The zero-order valence-corrected chi connectivity index (χ0v) is 13.5. The fraction of sp³-hybridized carbons (Fsp3) is 0.417. The number of aliphatic hydroxyl groups is 1. The van der Waals surface area contributed by atoms with Crippen molar-refractivity contribution in [1.82, 2.24) is 4.31 Å². The molecular formula is C12H14BrNO6S. The lowest BCUT2D eigenvalue weighted by molar-refractivity contribution is -0.140. The van der Waals surface area contributed by atoms with Crippen molar-refractivity contribution in [3.8, 4) is 5.75 Å². The first-order valence-corrected chi connectivity index (χ1v) is 8.27. The zero-order chi connectivity index (χ0) is 15.8. The second-order valence-corrected chi connectivity index (χ2v) is 7.36. The Morgan fingerprint density at radius 3 is 2.67 bits per heavy atom. The van der Waals surface area contributed by atoms with Crippen LogP contribution in [-0.4, -0.2) is 54.7 Å². The molecule has 116 valence electrons. The number of sulfonamides is 1. The number of aliphatic hydroxyl groups excluding tert-OH is 1. The van der Waals surface area contributed by atoms with Crippen LogP contribution < -0.4 is 4.74 Å². The van der Waals surface area contributed by atoms with E-state index in [4.69, 9.17) is 9.84 Å². The summed E-state index contributed by atoms with van der Waals surface area (Å²) in [5.41, 5.74) is 0. The SMILES string of the molecule is COc1ccc(S(=O)(=O)N2C[C@H](O)C[C@H]2C(=O)O)cc1Br. The Morgan fingerprint density at radius 2 is 2.14 bits per heavy atom. The maximum absolute atomic E-state index is 12.5. The Labute approximate surface area is 130 Å². The molecule has 1 saturated heterocycles. The van der Waals surface area contributed by atoms with Crippen LogP contribution in [0.4, 0.5) is 0 Å². The third-order valence-corrected chi connectivity index (χ3v) is 5.74. The molecule has 1 heterocycles. The Hall–Kier alpha value is -1.16. The molecule has 1 aromatic carbocycles. The highest BCUT2D eigenvalue weighted by Gasteiger charge is 2.43. The van der Waals surface area contributed by atoms with Crippen LogP contribution in [0.25, 0.3) is 0 Å². The molecule has 7 nitrogen and oxygen atoms in total. The highest BCUT2D eigenvalue weighted by molar-refractivity contribution is 9.10. The van der Waals surface area contributed by atoms with E-state index in [2.05, 4.69) is 15.9 Å². The highest BCUT2D eigenvalue weighted by atomic mass is 79.9. The number of halogens is 1. The van der Waals surface area contributed by atoms with Crippen molar-refractivity contribution >= 4 is 31.9 Å². The smallest absolute Gasteiger partial charge is 0.322 e. The van der Waals surface area contributed by atoms with Gasteiger partial charge in [0.05, 0.1) is 22.6 Å². The largest absolute Gasteiger partial charge is 0.496 e. The van der Waals surface area contributed by atoms with Crippen molar-refractivity contribution < 1.29 is 28.2 Å². The third-order valence-electron chi connectivity index (χ3n) is 3.25. The van der Waals surface area contributed by atoms with Crippen LogP contribution in [0.15, 0.2) is 27.6 Å². The van der Waals surface area contributed by atoms with Gasteiger partial charge in [0.25, 0.3) is 0 Å². The Kier molecular flexibility index (Phi) is 4.57. The quantitative estimate of drug-likeness (QED) is 0.796. The van der Waals surface area contributed by atoms with E-state index in [-0.39, 0.29) is 17.9 Å². The van der Waals surface area contributed by atoms with Crippen LogP contribution in [0.2, 0.25) is 0 Å². The Bertz CT molecular complexity index is 662. The summed E-state index contributed by atoms with van der Waals surface area (Å²) in [5, 5.41) is 18.7. The number of aliphatic carboxylic acids is 1. The number of β-amino-alcohol motifs (C(OH)–C–C–N with tert-alkyl or cyclic N) is 1. The van der Waals surface area contributed by atoms with Crippen LogP contribution in [0.3, 0.4) is 0 Å². The van der Waals surface area contributed by atoms with Crippen molar-refractivity contribution in [3.63, 3.8) is 0 Å². The first-order chi connectivity index (χ1) is 9.77. The minimum Gasteiger partial charge on any atom is -0.496 e. The van der Waals surface area contributed by atoms with Crippen LogP contribution in [0.1, 0.15) is 6.42 Å². The van der Waals surface area contributed by atoms with Crippen LogP contribution >= 0.6 is 15.9 Å². The summed E-state index contributed by atoms with van der Waals surface area (Å²) >= 11 is 3.19. The maximum Gasteiger partial charge on any atom is 0.322 e. The van der Waals surface area contributed by atoms with Gasteiger partial charge in [0, 0.05) is 13.0 Å². The van der Waals surface area contributed by atoms with E-state index >= 15 is 0 Å². The number of carboxylic acid groups (broad SMARTS) is 1. The van der Waals surface area contributed by atoms with Gasteiger partial charge in [-0.3, -0.25) is 4.79 Å². The minimum atomic E-state index is -4.01. The fourth-order valence-electron chi connectivity index (χ4n) is 2.22. The average molecular weight is 380 g/mol. The maximum atomic E-state index is 12.5. The number of hydrogen-bond donors (Lipinski definition) is 2. The number of ether oxygens (including phenoxy) is 1. The lowest BCUT2D eigenvalue weighted by Gasteiger charge is -2.21. The van der Waals surface area contributed by atoms with Crippen molar-refractivity contribution in [3.05, 3.63) is 22.7 Å². The van der Waals surface area contributed by atoms with Crippen molar-refractivity contribution in [1.29, 1.82) is 0 Å². The summed E-state index contributed by atoms with van der Waals surface area (Å²) in [4.78, 5) is 11.1. The van der Waals surface area contributed by atoms with Gasteiger partial charge in [0.1, 0.15) is 11.8 Å². The molecule has 21 heavy (non-hydrogen) atoms. The number of hydrogen-bond acceptors (Lipinski definition) is 5. The van der Waals surface area contributed by atoms with E-state index in [0.717, 1.165) is 4.31 Å². The molecule has 9 heteroatoms. The summed E-state index contributed by atoms with van der Waals surface area (Å²) < 4.78 is 31.4. The number of methoxy groups -OCH3 is 1. The van der Waals surface area contributed by atoms with Gasteiger partial charge < -0.3 is 14.9 Å². The molecular weight excluding hydrogens is 366 g/mol. The molecule has 1 aliphatic rings. The highest BCUT2D eigenvalue weighted by Crippen LogP contribution is 2.31. The van der Waals surface area contributed by atoms with Gasteiger partial charge in [-0.15, -0.1) is 0 Å². The predicted octanol–water partition coefficient (Wildman–Crippen LogP) is 0.666. The van der Waals surface area contributed by atoms with Crippen LogP contribution in [0, 0.1) is 0 Å². The van der Waals surface area contributed by atoms with Gasteiger partial charge >= 0.3 is 5.97 Å². The minimum absolute atomic E-state index is 0.0597. The number of carboxylic acids is 1. The lowest BCUT2D eigenvalue weighted by Crippen LogP contribution is -2.40. The van der Waals surface area contributed by atoms with E-state index in [1.165, 1.54) is 25.3 Å². The molecule has 0 saturated carbocycles. The summed E-state index contributed by atoms with van der Waals surface area (Å²) in [6.45, 7) is -0.233. The number of rotatable bonds is 4. The van der Waals surface area contributed by atoms with E-state index in [0.29, 0.717) is 10.2 Å². The molecule has 1 aliphatic heterocycles. The molecule has 0 amide bonds. The standard InChI is InChI=1S/C12H14BrNO6S/c1-20-11-3-2-8(5-9(11)13)21(18,19)14-6-7(15)4-10(14)12(16)17/h2-3,5,7,10,15H,4,6H2,1H3,(H,16,17)/t7-,10+/m1/s1. The molecule has 0 radical (unpaired) electrons. The van der Waals surface area contributed by atoms with Crippen molar-refractivity contribution in [2.75, 3.05) is 13.7 Å². The topological polar surface area (TPSA) is 104 Å². The first-order valence-electron chi connectivity index (χ1n) is 6.03. The van der Waals surface area contributed by atoms with E-state index < -0.39 is 28.1 Å². The van der Waals surface area contributed by atoms with Crippen LogP contribution in [0.5, 0.6) is 5.75 Å². The predicted molar refractivity (Wildman–Crippen MR) is 76.6 cm³/mol. The van der Waals surface area contributed by atoms with Gasteiger partial charge in [-0.2, -0.15) is 4.31 Å². The molecule has 0 bridgehead atoms. The Balaban J connectivity index is 2.42. The molecule has 2 rings (SSSR count). The normalized spacial score (nSPS) is 23.2. The summed E-state index contributed by atoms with van der Waals surface area (Å²) in [6, 6.07) is 2.89. The molecule has 1 aromatic rings. The zero-order valence-electron chi connectivity index (χ0n) is 11.1. The molecule has 0 aromatic heterocycles. The van der Waals surface area contributed by atoms with E-state index in [9.17, 15) is 18.3 Å². The molecule has 1 fully saturated rings.